The van der Waals surface area contributed by atoms with Gasteiger partial charge < -0.3 is 0 Å². The molecule has 0 spiro atoms. The largest absolute Gasteiger partial charge is 0.466 e. The smallest absolute Gasteiger partial charge is 0.253 e. The molecule has 0 atom stereocenters. The lowest BCUT2D eigenvalue weighted by molar-refractivity contribution is 0.282. The molecular formula is C3H7NO4S. The fourth-order valence-corrected chi connectivity index (χ4v) is 0.365. The topological polar surface area (TPSA) is 76.0 Å². The van der Waals surface area contributed by atoms with E-state index in [4.69, 9.17) is 4.55 Å². The van der Waals surface area contributed by atoms with Gasteiger partial charge >= 0.3 is 10.4 Å². The van der Waals surface area contributed by atoms with Crippen molar-refractivity contribution in [2.75, 3.05) is 0 Å². The minimum Gasteiger partial charge on any atom is -0.253 e. The second-order valence-corrected chi connectivity index (χ2v) is 2.55. The molecule has 0 saturated heterocycles. The Bertz CT molecular complexity index is 200. The van der Waals surface area contributed by atoms with Crippen LogP contribution in [0.5, 0.6) is 0 Å². The molecule has 0 aliphatic carbocycles. The van der Waals surface area contributed by atoms with E-state index in [0.29, 0.717) is 5.71 Å². The van der Waals surface area contributed by atoms with Crippen molar-refractivity contribution in [3.63, 3.8) is 0 Å². The summed E-state index contributed by atoms with van der Waals surface area (Å²) < 4.78 is 31.0. The maximum atomic E-state index is 9.76. The van der Waals surface area contributed by atoms with Crippen molar-refractivity contribution in [3.05, 3.63) is 0 Å². The molecule has 0 heterocycles. The van der Waals surface area contributed by atoms with E-state index in [1.165, 1.54) is 13.8 Å². The molecule has 9 heavy (non-hydrogen) atoms. The van der Waals surface area contributed by atoms with Crippen molar-refractivity contribution in [2.45, 2.75) is 13.8 Å². The zero-order valence-electron chi connectivity index (χ0n) is 5.03. The van der Waals surface area contributed by atoms with Crippen molar-refractivity contribution in [2.24, 2.45) is 5.16 Å². The molecule has 0 bridgehead atoms. The van der Waals surface area contributed by atoms with Crippen LogP contribution >= 0.6 is 0 Å². The summed E-state index contributed by atoms with van der Waals surface area (Å²) >= 11 is 0. The van der Waals surface area contributed by atoms with Gasteiger partial charge in [-0.3, -0.25) is 4.55 Å². The quantitative estimate of drug-likeness (QED) is 0.349. The Morgan fingerprint density at radius 1 is 1.56 bits per heavy atom. The van der Waals surface area contributed by atoms with Crippen molar-refractivity contribution >= 4 is 16.1 Å². The van der Waals surface area contributed by atoms with Gasteiger partial charge in [0.05, 0.1) is 5.71 Å². The maximum Gasteiger partial charge on any atom is 0.466 e. The standard InChI is InChI=1S/C3H7NO4S/c1-3(2)4-8-9(5,6)7/h1-2H3,(H,5,6,7). The van der Waals surface area contributed by atoms with Gasteiger partial charge in [-0.15, -0.1) is 0 Å². The first-order valence-corrected chi connectivity index (χ1v) is 3.45. The van der Waals surface area contributed by atoms with Crippen LogP contribution in [0.1, 0.15) is 13.8 Å². The van der Waals surface area contributed by atoms with Crippen molar-refractivity contribution in [1.82, 2.24) is 0 Å². The fraction of sp³-hybridized carbons (Fsp3) is 0.667. The highest BCUT2D eigenvalue weighted by Crippen LogP contribution is 1.86. The molecule has 0 rings (SSSR count). The van der Waals surface area contributed by atoms with Gasteiger partial charge in [-0.1, -0.05) is 5.16 Å². The summed E-state index contributed by atoms with van der Waals surface area (Å²) in [5, 5.41) is 2.97. The molecule has 0 unspecified atom stereocenters. The predicted molar refractivity (Wildman–Crippen MR) is 31.4 cm³/mol. The van der Waals surface area contributed by atoms with Gasteiger partial charge in [0.25, 0.3) is 0 Å². The molecule has 5 nitrogen and oxygen atoms in total. The van der Waals surface area contributed by atoms with Gasteiger partial charge in [0.15, 0.2) is 0 Å². The minimum absolute atomic E-state index is 0.410. The highest BCUT2D eigenvalue weighted by molar-refractivity contribution is 7.80. The van der Waals surface area contributed by atoms with Gasteiger partial charge in [0.2, 0.25) is 0 Å². The molecule has 0 saturated carbocycles. The molecule has 0 aromatic carbocycles. The lowest BCUT2D eigenvalue weighted by Crippen LogP contribution is -1.99. The monoisotopic (exact) mass is 153 g/mol. The van der Waals surface area contributed by atoms with Crippen molar-refractivity contribution < 1.29 is 17.3 Å². The molecule has 1 N–H and O–H groups in total. The van der Waals surface area contributed by atoms with Gasteiger partial charge in [-0.2, -0.15) is 8.42 Å². The molecule has 0 aliphatic heterocycles. The third-order valence-corrected chi connectivity index (χ3v) is 0.577. The zero-order valence-corrected chi connectivity index (χ0v) is 5.84. The Morgan fingerprint density at radius 3 is 2.11 bits per heavy atom. The lowest BCUT2D eigenvalue weighted by Gasteiger charge is -1.89. The average molecular weight is 153 g/mol. The van der Waals surface area contributed by atoms with Gasteiger partial charge in [-0.05, 0) is 13.8 Å². The summed E-state index contributed by atoms with van der Waals surface area (Å²) in [6.07, 6.45) is 0. The maximum absolute atomic E-state index is 9.76. The van der Waals surface area contributed by atoms with E-state index in [0.717, 1.165) is 0 Å². The predicted octanol–water partition coefficient (Wildman–Crippen LogP) is 0.202. The molecule has 0 aromatic rings. The molecule has 0 aromatic heterocycles. The summed E-state index contributed by atoms with van der Waals surface area (Å²) in [6, 6.07) is 0. The number of rotatable bonds is 2. The summed E-state index contributed by atoms with van der Waals surface area (Å²) in [5.74, 6) is 0. The molecule has 0 amide bonds. The van der Waals surface area contributed by atoms with E-state index in [1.807, 2.05) is 0 Å². The Morgan fingerprint density at radius 2 is 2.00 bits per heavy atom. The van der Waals surface area contributed by atoms with E-state index in [9.17, 15) is 8.42 Å². The van der Waals surface area contributed by atoms with Crippen LogP contribution in [-0.4, -0.2) is 18.7 Å². The van der Waals surface area contributed by atoms with E-state index in [2.05, 4.69) is 9.44 Å². The van der Waals surface area contributed by atoms with Crippen LogP contribution in [0.15, 0.2) is 5.16 Å². The van der Waals surface area contributed by atoms with Crippen LogP contribution < -0.4 is 0 Å². The molecule has 0 fully saturated rings. The van der Waals surface area contributed by atoms with Gasteiger partial charge in [0, 0.05) is 0 Å². The third kappa shape index (κ3) is 7.38. The number of hydrogen-bond acceptors (Lipinski definition) is 4. The van der Waals surface area contributed by atoms with Crippen LogP contribution in [0, 0.1) is 0 Å². The summed E-state index contributed by atoms with van der Waals surface area (Å²) in [7, 11) is -4.41. The van der Waals surface area contributed by atoms with Crippen molar-refractivity contribution in [3.8, 4) is 0 Å². The fourth-order valence-electron chi connectivity index (χ4n) is 0.122. The van der Waals surface area contributed by atoms with Crippen LogP contribution in [0.2, 0.25) is 0 Å². The second kappa shape index (κ2) is 2.79. The first-order chi connectivity index (χ1) is 3.92. The van der Waals surface area contributed by atoms with Crippen LogP contribution in [0.25, 0.3) is 0 Å². The Balaban J connectivity index is 3.95. The minimum atomic E-state index is -4.41. The average Bonchev–Trinajstić information content (AvgIpc) is 1.59. The van der Waals surface area contributed by atoms with Crippen LogP contribution in [0.4, 0.5) is 0 Å². The first-order valence-electron chi connectivity index (χ1n) is 2.09. The summed E-state index contributed by atoms with van der Waals surface area (Å²) in [6.45, 7) is 3.07. The second-order valence-electron chi connectivity index (χ2n) is 1.54. The Hall–Kier alpha value is -0.620. The van der Waals surface area contributed by atoms with E-state index >= 15 is 0 Å². The molecule has 54 valence electrons. The Kier molecular flexibility index (Phi) is 2.60. The van der Waals surface area contributed by atoms with Crippen LogP contribution in [-0.2, 0) is 14.7 Å². The molecule has 0 aliphatic rings. The normalized spacial score (nSPS) is 10.6. The van der Waals surface area contributed by atoms with E-state index in [1.54, 1.807) is 0 Å². The number of nitrogens with zero attached hydrogens (tertiary/aromatic N) is 1. The van der Waals surface area contributed by atoms with Crippen molar-refractivity contribution in [1.29, 1.82) is 0 Å². The van der Waals surface area contributed by atoms with Gasteiger partial charge in [-0.25, -0.2) is 4.28 Å². The first kappa shape index (κ1) is 8.38. The molecular weight excluding hydrogens is 146 g/mol. The lowest BCUT2D eigenvalue weighted by atomic mass is 10.5. The highest BCUT2D eigenvalue weighted by atomic mass is 32.3. The van der Waals surface area contributed by atoms with E-state index < -0.39 is 10.4 Å². The molecule has 6 heteroatoms. The van der Waals surface area contributed by atoms with Gasteiger partial charge in [0.1, 0.15) is 0 Å². The third-order valence-electron chi connectivity index (χ3n) is 0.314. The number of oxime groups is 1. The zero-order chi connectivity index (χ0) is 7.49. The molecule has 0 radical (unpaired) electrons. The summed E-state index contributed by atoms with van der Waals surface area (Å²) in [4.78, 5) is 0. The van der Waals surface area contributed by atoms with Crippen LogP contribution in [0.3, 0.4) is 0 Å². The number of hydrogen-bond donors (Lipinski definition) is 1. The Labute approximate surface area is 53.3 Å². The van der Waals surface area contributed by atoms with E-state index in [-0.39, 0.29) is 0 Å². The SMILES string of the molecule is CC(C)=NOS(=O)(=O)O. The summed E-state index contributed by atoms with van der Waals surface area (Å²) in [5.41, 5.74) is 0.410. The highest BCUT2D eigenvalue weighted by Gasteiger charge is 2.00.